The normalized spacial score (nSPS) is 15.2. The van der Waals surface area contributed by atoms with Gasteiger partial charge in [-0.3, -0.25) is 29.0 Å². The lowest BCUT2D eigenvalue weighted by atomic mass is 9.98. The third-order valence-electron chi connectivity index (χ3n) is 12.7. The number of rotatable bonds is 25. The molecule has 1 saturated heterocycles. The van der Waals surface area contributed by atoms with Gasteiger partial charge >= 0.3 is 12.1 Å². The molecule has 0 spiro atoms. The zero-order chi connectivity index (χ0) is 51.5. The van der Waals surface area contributed by atoms with Gasteiger partial charge in [0.25, 0.3) is 0 Å². The second-order valence-electron chi connectivity index (χ2n) is 18.6. The molecule has 71 heavy (non-hydrogen) atoms. The molecule has 3 aromatic carbocycles. The Bertz CT molecular complexity index is 2290. The number of alkyl carbamates (subject to hydrolysis) is 1. The summed E-state index contributed by atoms with van der Waals surface area (Å²) >= 11 is 0. The highest BCUT2D eigenvalue weighted by Gasteiger charge is 2.35. The van der Waals surface area contributed by atoms with Crippen LogP contribution in [-0.4, -0.2) is 123 Å². The van der Waals surface area contributed by atoms with E-state index in [1.54, 1.807) is 18.9 Å². The number of ether oxygens (including phenoxy) is 1. The van der Waals surface area contributed by atoms with Crippen molar-refractivity contribution in [2.45, 2.75) is 122 Å². The monoisotopic (exact) mass is 980 g/mol. The number of carbonyl (C=O) groups excluding carboxylic acids is 7. The van der Waals surface area contributed by atoms with Crippen molar-refractivity contribution < 1.29 is 38.3 Å². The Labute approximate surface area is 416 Å². The largest absolute Gasteiger partial charge is 0.449 e. The maximum Gasteiger partial charge on any atom is 0.407 e. The summed E-state index contributed by atoms with van der Waals surface area (Å²) < 4.78 is 5.74. The molecule has 11 N–H and O–H groups in total. The molecule has 8 amide bonds. The van der Waals surface area contributed by atoms with Crippen molar-refractivity contribution >= 4 is 47.6 Å². The van der Waals surface area contributed by atoms with Crippen LogP contribution in [0.5, 0.6) is 0 Å². The van der Waals surface area contributed by atoms with Crippen LogP contribution in [0.4, 0.5) is 9.59 Å². The van der Waals surface area contributed by atoms with Crippen LogP contribution in [0.25, 0.3) is 11.1 Å². The van der Waals surface area contributed by atoms with Crippen LogP contribution in [0, 0.1) is 12.8 Å². The molecule has 384 valence electrons. The van der Waals surface area contributed by atoms with E-state index in [2.05, 4.69) is 42.2 Å². The van der Waals surface area contributed by atoms with E-state index in [1.165, 1.54) is 0 Å². The number of amides is 8. The van der Waals surface area contributed by atoms with Crippen molar-refractivity contribution in [1.82, 2.24) is 42.1 Å². The minimum absolute atomic E-state index is 0.00720. The van der Waals surface area contributed by atoms with Crippen molar-refractivity contribution in [2.75, 3.05) is 39.8 Å². The van der Waals surface area contributed by atoms with Crippen molar-refractivity contribution in [2.24, 2.45) is 22.4 Å². The molecule has 1 aliphatic carbocycles. The number of nitrogens with one attached hydrogen (secondary N) is 7. The van der Waals surface area contributed by atoms with Crippen molar-refractivity contribution in [1.29, 1.82) is 0 Å². The van der Waals surface area contributed by atoms with E-state index in [9.17, 15) is 33.6 Å². The highest BCUT2D eigenvalue weighted by Crippen LogP contribution is 2.44. The Morgan fingerprint density at radius 1 is 0.676 bits per heavy atom. The standard InChI is InChI=1S/C52H73N11O8/c1-6-40(62-52(70)71-31-39-37-17-9-7-15-35(37)36-16-8-10-18-38(36)39)45(64)61-44(30-34-23-21-33(4)22-24-34)48(67)58-41(19-13-26-57-51(54)69)46(65)60-43(29-32(2)3)47(66)59-42(20-14-25-56-50(53)55-5)49(68)63-27-11-12-28-63/h7-10,15-18,21-24,32,39-44H,6,11-14,19-20,25-31H2,1-5H3,(H,58,67)(H,59,66)(H,60,65)(H,61,64)(H,62,70)(H3,53,55,56)(H3,54,57,69)/t40-,41+,42-,43-,44-/m0/s1. The molecule has 0 saturated carbocycles. The number of aryl methyl sites for hydroxylation is 1. The number of likely N-dealkylation sites (tertiary alicyclic amines) is 1. The fraction of sp³-hybridized carbons (Fsp3) is 0.500. The summed E-state index contributed by atoms with van der Waals surface area (Å²) in [6, 6.07) is 17.0. The lowest BCUT2D eigenvalue weighted by Gasteiger charge is -2.29. The second-order valence-corrected chi connectivity index (χ2v) is 18.6. The molecule has 2 aliphatic rings. The molecule has 0 aromatic heterocycles. The Morgan fingerprint density at radius 3 is 1.79 bits per heavy atom. The number of hydrogen-bond acceptors (Lipinski definition) is 9. The van der Waals surface area contributed by atoms with Crippen LogP contribution < -0.4 is 48.7 Å². The number of benzene rings is 3. The maximum absolute atomic E-state index is 14.5. The smallest absolute Gasteiger partial charge is 0.407 e. The molecule has 1 aliphatic heterocycles. The summed E-state index contributed by atoms with van der Waals surface area (Å²) in [5, 5.41) is 19.5. The Morgan fingerprint density at radius 2 is 1.20 bits per heavy atom. The van der Waals surface area contributed by atoms with Gasteiger partial charge < -0.3 is 58.3 Å². The van der Waals surface area contributed by atoms with E-state index in [0.717, 1.165) is 40.7 Å². The van der Waals surface area contributed by atoms with E-state index < -0.39 is 66.0 Å². The van der Waals surface area contributed by atoms with Gasteiger partial charge in [0.05, 0.1) is 0 Å². The molecular formula is C52H73N11O8. The first-order valence-electron chi connectivity index (χ1n) is 24.7. The zero-order valence-corrected chi connectivity index (χ0v) is 41.7. The predicted molar refractivity (Wildman–Crippen MR) is 272 cm³/mol. The van der Waals surface area contributed by atoms with Gasteiger partial charge in [0, 0.05) is 45.6 Å². The minimum Gasteiger partial charge on any atom is -0.449 e. The number of aliphatic imine (C=N–C) groups is 1. The van der Waals surface area contributed by atoms with Gasteiger partial charge in [-0.15, -0.1) is 0 Å². The molecule has 5 atom stereocenters. The number of hydrogen-bond donors (Lipinski definition) is 9. The van der Waals surface area contributed by atoms with Gasteiger partial charge in [0.2, 0.25) is 29.5 Å². The van der Waals surface area contributed by atoms with E-state index in [-0.39, 0.29) is 69.0 Å². The number of guanidine groups is 1. The van der Waals surface area contributed by atoms with Gasteiger partial charge in [-0.25, -0.2) is 9.59 Å². The zero-order valence-electron chi connectivity index (χ0n) is 41.7. The highest BCUT2D eigenvalue weighted by molar-refractivity contribution is 5.96. The summed E-state index contributed by atoms with van der Waals surface area (Å²) in [6.45, 7) is 9.12. The Balaban J connectivity index is 1.31. The first kappa shape index (κ1) is 54.8. The minimum atomic E-state index is -1.25. The third-order valence-corrected chi connectivity index (χ3v) is 12.7. The molecule has 3 aromatic rings. The quantitative estimate of drug-likeness (QED) is 0.0340. The van der Waals surface area contributed by atoms with E-state index in [1.807, 2.05) is 93.6 Å². The number of nitrogens with two attached hydrogens (primary N) is 2. The fourth-order valence-electron chi connectivity index (χ4n) is 8.90. The molecule has 0 radical (unpaired) electrons. The number of urea groups is 1. The van der Waals surface area contributed by atoms with Crippen molar-refractivity contribution in [3.63, 3.8) is 0 Å². The summed E-state index contributed by atoms with van der Waals surface area (Å²) in [5.41, 5.74) is 17.0. The topological polar surface area (TPSA) is 281 Å². The van der Waals surface area contributed by atoms with Crippen LogP contribution in [0.1, 0.15) is 100 Å². The number of primary amides is 1. The van der Waals surface area contributed by atoms with Gasteiger partial charge in [-0.05, 0) is 92.0 Å². The second kappa shape index (κ2) is 27.3. The Hall–Kier alpha value is -7.18. The lowest BCUT2D eigenvalue weighted by Crippen LogP contribution is -2.59. The van der Waals surface area contributed by atoms with Crippen LogP contribution in [0.3, 0.4) is 0 Å². The van der Waals surface area contributed by atoms with Crippen molar-refractivity contribution in [3.8, 4) is 11.1 Å². The molecule has 19 heteroatoms. The molecule has 1 fully saturated rings. The summed E-state index contributed by atoms with van der Waals surface area (Å²) in [7, 11) is 1.56. The van der Waals surface area contributed by atoms with Crippen molar-refractivity contribution in [3.05, 3.63) is 95.1 Å². The number of fused-ring (bicyclic) bond motifs is 3. The van der Waals surface area contributed by atoms with E-state index >= 15 is 0 Å². The van der Waals surface area contributed by atoms with Gasteiger partial charge in [0.1, 0.15) is 36.8 Å². The lowest BCUT2D eigenvalue weighted by molar-refractivity contribution is -0.137. The van der Waals surface area contributed by atoms with Gasteiger partial charge in [0.15, 0.2) is 5.96 Å². The van der Waals surface area contributed by atoms with E-state index in [4.69, 9.17) is 16.2 Å². The summed E-state index contributed by atoms with van der Waals surface area (Å²) in [5.74, 6) is -2.84. The highest BCUT2D eigenvalue weighted by atomic mass is 16.5. The fourth-order valence-corrected chi connectivity index (χ4v) is 8.90. The van der Waals surface area contributed by atoms with Crippen LogP contribution in [-0.2, 0) is 35.1 Å². The first-order valence-corrected chi connectivity index (χ1v) is 24.7. The number of nitrogens with zero attached hydrogens (tertiary/aromatic N) is 2. The van der Waals surface area contributed by atoms with E-state index in [0.29, 0.717) is 38.0 Å². The van der Waals surface area contributed by atoms with Gasteiger partial charge in [-0.1, -0.05) is 99.1 Å². The Kier molecular flexibility index (Phi) is 21.0. The predicted octanol–water partition coefficient (Wildman–Crippen LogP) is 3.23. The first-order chi connectivity index (χ1) is 34.1. The third kappa shape index (κ3) is 16.5. The summed E-state index contributed by atoms with van der Waals surface area (Å²) in [4.78, 5) is 101. The molecule has 1 heterocycles. The van der Waals surface area contributed by atoms with Crippen LogP contribution in [0.15, 0.2) is 77.8 Å². The molecular weight excluding hydrogens is 907 g/mol. The molecule has 0 bridgehead atoms. The van der Waals surface area contributed by atoms with Crippen LogP contribution >= 0.6 is 0 Å². The maximum atomic E-state index is 14.5. The SMILES string of the molecule is CC[C@H](NC(=O)OCC1c2ccccc2-c2ccccc21)C(=O)N[C@@H](Cc1ccc(C)cc1)C(=O)N[C@H](CCCNC(N)=O)C(=O)N[C@@H](CC(C)C)C(=O)N[C@@H](CCCNC(N)=NC)C(=O)N1CCCC1. The molecule has 0 unspecified atom stereocenters. The molecule has 5 rings (SSSR count). The average molecular weight is 980 g/mol. The van der Waals surface area contributed by atoms with Crippen LogP contribution in [0.2, 0.25) is 0 Å². The van der Waals surface area contributed by atoms with Gasteiger partial charge in [-0.2, -0.15) is 0 Å². The number of carbonyl (C=O) groups is 7. The average Bonchev–Trinajstić information content (AvgIpc) is 4.01. The summed E-state index contributed by atoms with van der Waals surface area (Å²) in [6.07, 6.45) is 2.30. The molecule has 19 nitrogen and oxygen atoms in total.